The molecule has 0 radical (unpaired) electrons. The number of rotatable bonds is 2. The first kappa shape index (κ1) is 12.4. The zero-order chi connectivity index (χ0) is 11.4. The molecule has 0 bridgehead atoms. The maximum Gasteiger partial charge on any atom is 0.137 e. The average Bonchev–Trinajstić information content (AvgIpc) is 2.24. The molecule has 4 heteroatoms. The predicted molar refractivity (Wildman–Crippen MR) is 68.7 cm³/mol. The summed E-state index contributed by atoms with van der Waals surface area (Å²) in [5.41, 5.74) is 2.18. The fourth-order valence-corrected chi connectivity index (χ4v) is 2.23. The van der Waals surface area contributed by atoms with Crippen molar-refractivity contribution in [1.82, 2.24) is 0 Å². The number of ether oxygens (including phenoxy) is 1. The number of halogens is 1. The molecule has 0 spiro atoms. The molecule has 0 aromatic heterocycles. The van der Waals surface area contributed by atoms with Crippen LogP contribution in [-0.4, -0.2) is 25.5 Å². The standard InChI is InChI=1S/C11H14ClNOS/c1-7-5-10(14-3)9(12)6-8(7)11(13-2)15-4/h5-6H,1-4H3. The van der Waals surface area contributed by atoms with Gasteiger partial charge in [-0.3, -0.25) is 4.99 Å². The fraction of sp³-hybridized carbons (Fsp3) is 0.364. The van der Waals surface area contributed by atoms with E-state index in [1.54, 1.807) is 25.9 Å². The highest BCUT2D eigenvalue weighted by Gasteiger charge is 2.10. The Morgan fingerprint density at radius 2 is 2.13 bits per heavy atom. The first-order valence-corrected chi connectivity index (χ1v) is 6.09. The highest BCUT2D eigenvalue weighted by atomic mass is 35.5. The average molecular weight is 244 g/mol. The van der Waals surface area contributed by atoms with Crippen molar-refractivity contribution in [2.75, 3.05) is 20.4 Å². The van der Waals surface area contributed by atoms with Gasteiger partial charge >= 0.3 is 0 Å². The highest BCUT2D eigenvalue weighted by molar-refractivity contribution is 8.13. The minimum Gasteiger partial charge on any atom is -0.495 e. The molecule has 82 valence electrons. The van der Waals surface area contributed by atoms with Gasteiger partial charge in [0.15, 0.2) is 0 Å². The number of thioether (sulfide) groups is 1. The summed E-state index contributed by atoms with van der Waals surface area (Å²) in [4.78, 5) is 4.21. The van der Waals surface area contributed by atoms with E-state index in [0.29, 0.717) is 10.8 Å². The molecule has 0 atom stereocenters. The summed E-state index contributed by atoms with van der Waals surface area (Å²) < 4.78 is 5.15. The van der Waals surface area contributed by atoms with E-state index in [9.17, 15) is 0 Å². The van der Waals surface area contributed by atoms with Crippen molar-refractivity contribution in [1.29, 1.82) is 0 Å². The van der Waals surface area contributed by atoms with Gasteiger partial charge in [-0.1, -0.05) is 11.6 Å². The van der Waals surface area contributed by atoms with Gasteiger partial charge in [-0.2, -0.15) is 0 Å². The maximum absolute atomic E-state index is 6.07. The van der Waals surface area contributed by atoms with Crippen LogP contribution in [0.25, 0.3) is 0 Å². The van der Waals surface area contributed by atoms with Crippen LogP contribution in [0.2, 0.25) is 5.02 Å². The molecule has 0 fully saturated rings. The Bertz CT molecular complexity index is 390. The molecule has 0 aliphatic rings. The Morgan fingerprint density at radius 3 is 2.60 bits per heavy atom. The zero-order valence-electron chi connectivity index (χ0n) is 9.30. The van der Waals surface area contributed by atoms with E-state index in [2.05, 4.69) is 4.99 Å². The smallest absolute Gasteiger partial charge is 0.137 e. The Labute approximate surface area is 99.7 Å². The maximum atomic E-state index is 6.07. The van der Waals surface area contributed by atoms with Gasteiger partial charge in [0.05, 0.1) is 17.2 Å². The van der Waals surface area contributed by atoms with Gasteiger partial charge in [-0.05, 0) is 30.9 Å². The third kappa shape index (κ3) is 2.67. The van der Waals surface area contributed by atoms with Gasteiger partial charge in [-0.15, -0.1) is 11.8 Å². The van der Waals surface area contributed by atoms with Crippen LogP contribution in [0.4, 0.5) is 0 Å². The van der Waals surface area contributed by atoms with Crippen LogP contribution in [0.1, 0.15) is 11.1 Å². The molecule has 0 saturated heterocycles. The second-order valence-corrected chi connectivity index (χ2v) is 4.24. The minimum atomic E-state index is 0.619. The molecule has 1 aromatic rings. The minimum absolute atomic E-state index is 0.619. The van der Waals surface area contributed by atoms with Crippen LogP contribution < -0.4 is 4.74 Å². The zero-order valence-corrected chi connectivity index (χ0v) is 10.9. The van der Waals surface area contributed by atoms with Crippen LogP contribution >= 0.6 is 23.4 Å². The number of aryl methyl sites for hydroxylation is 1. The van der Waals surface area contributed by atoms with Crippen molar-refractivity contribution < 1.29 is 4.74 Å². The Morgan fingerprint density at radius 1 is 1.47 bits per heavy atom. The summed E-state index contributed by atoms with van der Waals surface area (Å²) in [6, 6.07) is 3.83. The van der Waals surface area contributed by atoms with E-state index >= 15 is 0 Å². The lowest BCUT2D eigenvalue weighted by Crippen LogP contribution is -1.99. The summed E-state index contributed by atoms with van der Waals surface area (Å²) in [6.07, 6.45) is 2.00. The lowest BCUT2D eigenvalue weighted by atomic mass is 10.1. The largest absolute Gasteiger partial charge is 0.495 e. The third-order valence-electron chi connectivity index (χ3n) is 2.13. The molecular formula is C11H14ClNOS. The molecule has 0 aliphatic carbocycles. The fourth-order valence-electron chi connectivity index (χ4n) is 1.36. The van der Waals surface area contributed by atoms with E-state index in [1.807, 2.05) is 25.3 Å². The molecule has 0 unspecified atom stereocenters. The number of hydrogen-bond acceptors (Lipinski definition) is 3. The van der Waals surface area contributed by atoms with Crippen LogP contribution in [-0.2, 0) is 0 Å². The van der Waals surface area contributed by atoms with Crippen molar-refractivity contribution in [3.05, 3.63) is 28.3 Å². The Hall–Kier alpha value is -0.670. The first-order valence-electron chi connectivity index (χ1n) is 4.49. The van der Waals surface area contributed by atoms with Crippen molar-refractivity contribution in [2.45, 2.75) is 6.92 Å². The normalized spacial score (nSPS) is 11.7. The van der Waals surface area contributed by atoms with E-state index in [1.165, 1.54) is 0 Å². The SMILES string of the molecule is CN=C(SC)c1cc(Cl)c(OC)cc1C. The van der Waals surface area contributed by atoms with E-state index < -0.39 is 0 Å². The van der Waals surface area contributed by atoms with Gasteiger partial charge in [0.2, 0.25) is 0 Å². The lowest BCUT2D eigenvalue weighted by Gasteiger charge is -2.10. The number of nitrogens with zero attached hydrogens (tertiary/aromatic N) is 1. The van der Waals surface area contributed by atoms with Crippen molar-refractivity contribution in [3.8, 4) is 5.75 Å². The molecule has 1 aromatic carbocycles. The lowest BCUT2D eigenvalue weighted by molar-refractivity contribution is 0.414. The summed E-state index contributed by atoms with van der Waals surface area (Å²) in [6.45, 7) is 2.02. The van der Waals surface area contributed by atoms with E-state index in [-0.39, 0.29) is 0 Å². The molecule has 2 nitrogen and oxygen atoms in total. The first-order chi connectivity index (χ1) is 7.13. The second-order valence-electron chi connectivity index (χ2n) is 3.03. The Balaban J connectivity index is 3.27. The molecule has 0 heterocycles. The van der Waals surface area contributed by atoms with Crippen LogP contribution in [0.3, 0.4) is 0 Å². The van der Waals surface area contributed by atoms with E-state index in [4.69, 9.17) is 16.3 Å². The third-order valence-corrected chi connectivity index (χ3v) is 3.21. The Kier molecular flexibility index (Phi) is 4.48. The topological polar surface area (TPSA) is 21.6 Å². The molecule has 0 amide bonds. The predicted octanol–water partition coefficient (Wildman–Crippen LogP) is 3.40. The van der Waals surface area contributed by atoms with Crippen LogP contribution in [0.15, 0.2) is 17.1 Å². The molecule has 0 saturated carbocycles. The molecule has 1 rings (SSSR count). The number of hydrogen-bond donors (Lipinski definition) is 0. The highest BCUT2D eigenvalue weighted by Crippen LogP contribution is 2.29. The van der Waals surface area contributed by atoms with Crippen molar-refractivity contribution in [2.24, 2.45) is 4.99 Å². The quantitative estimate of drug-likeness (QED) is 0.587. The van der Waals surface area contributed by atoms with Crippen molar-refractivity contribution >= 4 is 28.4 Å². The van der Waals surface area contributed by atoms with Gasteiger partial charge in [0.1, 0.15) is 5.75 Å². The summed E-state index contributed by atoms with van der Waals surface area (Å²) in [5.74, 6) is 0.703. The van der Waals surface area contributed by atoms with Crippen LogP contribution in [0, 0.1) is 6.92 Å². The van der Waals surface area contributed by atoms with Gasteiger partial charge in [0.25, 0.3) is 0 Å². The van der Waals surface area contributed by atoms with Gasteiger partial charge in [0, 0.05) is 12.6 Å². The molecule has 15 heavy (non-hydrogen) atoms. The second kappa shape index (κ2) is 5.42. The van der Waals surface area contributed by atoms with Crippen molar-refractivity contribution in [3.63, 3.8) is 0 Å². The van der Waals surface area contributed by atoms with Crippen LogP contribution in [0.5, 0.6) is 5.75 Å². The number of methoxy groups -OCH3 is 1. The summed E-state index contributed by atoms with van der Waals surface area (Å²) >= 11 is 7.68. The summed E-state index contributed by atoms with van der Waals surface area (Å²) in [7, 11) is 3.40. The summed E-state index contributed by atoms with van der Waals surface area (Å²) in [5, 5.41) is 1.60. The molecular weight excluding hydrogens is 230 g/mol. The van der Waals surface area contributed by atoms with Gasteiger partial charge < -0.3 is 4.74 Å². The molecule has 0 N–H and O–H groups in total. The number of aliphatic imine (C=N–C) groups is 1. The monoisotopic (exact) mass is 243 g/mol. The van der Waals surface area contributed by atoms with E-state index in [0.717, 1.165) is 16.2 Å². The van der Waals surface area contributed by atoms with Gasteiger partial charge in [-0.25, -0.2) is 0 Å². The number of benzene rings is 1. The molecule has 0 aliphatic heterocycles.